The molecule has 3 heterocycles. The summed E-state index contributed by atoms with van der Waals surface area (Å²) < 4.78 is 2.83. The summed E-state index contributed by atoms with van der Waals surface area (Å²) in [5, 5.41) is 5.13. The van der Waals surface area contributed by atoms with E-state index < -0.39 is 0 Å². The van der Waals surface area contributed by atoms with Crippen LogP contribution in [0.2, 0.25) is 0 Å². The molecule has 0 unspecified atom stereocenters. The van der Waals surface area contributed by atoms with Gasteiger partial charge >= 0.3 is 0 Å². The number of anilines is 1. The lowest BCUT2D eigenvalue weighted by molar-refractivity contribution is 0.0975. The van der Waals surface area contributed by atoms with Crippen molar-refractivity contribution in [1.29, 1.82) is 0 Å². The van der Waals surface area contributed by atoms with Gasteiger partial charge in [0.25, 0.3) is 5.91 Å². The molecule has 7 heteroatoms. The average Bonchev–Trinajstić information content (AvgIpc) is 3.29. The van der Waals surface area contributed by atoms with Gasteiger partial charge in [-0.15, -0.1) is 0 Å². The number of hydrogen-bond acceptors (Lipinski definition) is 5. The van der Waals surface area contributed by atoms with Crippen LogP contribution < -0.4 is 4.90 Å². The molecule has 4 aromatic rings. The van der Waals surface area contributed by atoms with E-state index in [0.29, 0.717) is 23.9 Å². The van der Waals surface area contributed by atoms with Gasteiger partial charge in [-0.2, -0.15) is 5.10 Å². The maximum absolute atomic E-state index is 13.6. The van der Waals surface area contributed by atoms with E-state index in [9.17, 15) is 4.79 Å². The first-order chi connectivity index (χ1) is 14.0. The molecule has 0 bridgehead atoms. The molecule has 0 N–H and O–H groups in total. The molecular formula is C22H23N5OS. The third kappa shape index (κ3) is 3.78. The molecule has 6 nitrogen and oxygen atoms in total. The summed E-state index contributed by atoms with van der Waals surface area (Å²) in [4.78, 5) is 24.3. The van der Waals surface area contributed by atoms with Crippen molar-refractivity contribution in [2.45, 2.75) is 40.8 Å². The number of hydrogen-bond donors (Lipinski definition) is 0. The fourth-order valence-corrected chi connectivity index (χ4v) is 4.61. The van der Waals surface area contributed by atoms with Crippen molar-refractivity contribution in [3.63, 3.8) is 0 Å². The van der Waals surface area contributed by atoms with Crippen molar-refractivity contribution in [2.24, 2.45) is 0 Å². The molecule has 0 aliphatic rings. The van der Waals surface area contributed by atoms with Crippen molar-refractivity contribution in [3.05, 3.63) is 70.8 Å². The predicted molar refractivity (Wildman–Crippen MR) is 116 cm³/mol. The minimum atomic E-state index is -0.107. The number of fused-ring (bicyclic) bond motifs is 1. The fraction of sp³-hybridized carbons (Fsp3) is 0.273. The molecule has 0 atom stereocenters. The molecular weight excluding hydrogens is 382 g/mol. The zero-order valence-electron chi connectivity index (χ0n) is 17.0. The molecule has 0 aliphatic heterocycles. The maximum atomic E-state index is 13.6. The van der Waals surface area contributed by atoms with E-state index in [0.717, 1.165) is 27.0 Å². The standard InChI is InChI=1S/C22H23N5OS/c1-5-27-18(11-16(4)25-27)21(28)26(13-17-7-6-8-23-12-17)22-24-20-15(3)9-14(2)10-19(20)29-22/h6-12H,5,13H2,1-4H3. The summed E-state index contributed by atoms with van der Waals surface area (Å²) in [5.74, 6) is -0.107. The second-order valence-corrected chi connectivity index (χ2v) is 8.17. The quantitative estimate of drug-likeness (QED) is 0.484. The SMILES string of the molecule is CCn1nc(C)cc1C(=O)N(Cc1cccnc1)c1nc2c(C)cc(C)cc2s1. The van der Waals surface area contributed by atoms with Gasteiger partial charge < -0.3 is 0 Å². The molecule has 0 saturated heterocycles. The van der Waals surface area contributed by atoms with Crippen LogP contribution in [-0.2, 0) is 13.1 Å². The summed E-state index contributed by atoms with van der Waals surface area (Å²) in [5.41, 5.74) is 5.60. The molecule has 4 rings (SSSR count). The number of pyridine rings is 1. The number of rotatable bonds is 5. The highest BCUT2D eigenvalue weighted by atomic mass is 32.1. The lowest BCUT2D eigenvalue weighted by Gasteiger charge is -2.20. The number of thiazole rings is 1. The Morgan fingerprint density at radius 2 is 2.03 bits per heavy atom. The topological polar surface area (TPSA) is 63.9 Å². The van der Waals surface area contributed by atoms with Gasteiger partial charge in [-0.1, -0.05) is 23.5 Å². The van der Waals surface area contributed by atoms with Gasteiger partial charge in [-0.05, 0) is 62.6 Å². The van der Waals surface area contributed by atoms with Gasteiger partial charge in [0, 0.05) is 18.9 Å². The van der Waals surface area contributed by atoms with E-state index in [1.165, 1.54) is 5.56 Å². The van der Waals surface area contributed by atoms with E-state index in [1.54, 1.807) is 33.3 Å². The first-order valence-corrected chi connectivity index (χ1v) is 10.4. The normalized spacial score (nSPS) is 11.2. The van der Waals surface area contributed by atoms with Crippen molar-refractivity contribution >= 4 is 32.6 Å². The lowest BCUT2D eigenvalue weighted by atomic mass is 10.1. The van der Waals surface area contributed by atoms with Crippen LogP contribution in [0.5, 0.6) is 0 Å². The maximum Gasteiger partial charge on any atom is 0.278 e. The van der Waals surface area contributed by atoms with Crippen LogP contribution in [0.3, 0.4) is 0 Å². The Morgan fingerprint density at radius 1 is 1.21 bits per heavy atom. The monoisotopic (exact) mass is 405 g/mol. The predicted octanol–water partition coefficient (Wildman–Crippen LogP) is 4.68. The van der Waals surface area contributed by atoms with Crippen LogP contribution in [0.25, 0.3) is 10.2 Å². The second kappa shape index (κ2) is 7.75. The van der Waals surface area contributed by atoms with Gasteiger partial charge in [0.05, 0.1) is 22.5 Å². The Hall–Kier alpha value is -3.06. The Labute approximate surface area is 173 Å². The van der Waals surface area contributed by atoms with Crippen LogP contribution in [-0.4, -0.2) is 25.7 Å². The zero-order valence-corrected chi connectivity index (χ0v) is 17.8. The van der Waals surface area contributed by atoms with Crippen molar-refractivity contribution in [3.8, 4) is 0 Å². The first-order valence-electron chi connectivity index (χ1n) is 9.59. The van der Waals surface area contributed by atoms with Gasteiger partial charge in [-0.25, -0.2) is 4.98 Å². The number of benzene rings is 1. The molecule has 0 spiro atoms. The summed E-state index contributed by atoms with van der Waals surface area (Å²) in [7, 11) is 0. The third-order valence-corrected chi connectivity index (χ3v) is 5.80. The van der Waals surface area contributed by atoms with Crippen LogP contribution in [0.4, 0.5) is 5.13 Å². The highest BCUT2D eigenvalue weighted by Gasteiger charge is 2.25. The second-order valence-electron chi connectivity index (χ2n) is 7.16. The van der Waals surface area contributed by atoms with Crippen molar-refractivity contribution < 1.29 is 4.79 Å². The molecule has 3 aromatic heterocycles. The number of amides is 1. The number of carbonyl (C=O) groups excluding carboxylic acids is 1. The lowest BCUT2D eigenvalue weighted by Crippen LogP contribution is -2.32. The van der Waals surface area contributed by atoms with E-state index in [4.69, 9.17) is 4.98 Å². The molecule has 0 aliphatic carbocycles. The Morgan fingerprint density at radius 3 is 2.76 bits per heavy atom. The summed E-state index contributed by atoms with van der Waals surface area (Å²) in [6, 6.07) is 9.93. The third-order valence-electron chi connectivity index (χ3n) is 4.78. The van der Waals surface area contributed by atoms with Crippen LogP contribution in [0.15, 0.2) is 42.7 Å². The van der Waals surface area contributed by atoms with Gasteiger partial charge in [0.15, 0.2) is 5.13 Å². The Balaban J connectivity index is 1.82. The zero-order chi connectivity index (χ0) is 20.5. The number of nitrogens with zero attached hydrogens (tertiary/aromatic N) is 5. The van der Waals surface area contributed by atoms with E-state index in [2.05, 4.69) is 36.1 Å². The van der Waals surface area contributed by atoms with Crippen molar-refractivity contribution in [1.82, 2.24) is 19.7 Å². The van der Waals surface area contributed by atoms with Crippen molar-refractivity contribution in [2.75, 3.05) is 4.90 Å². The highest BCUT2D eigenvalue weighted by molar-refractivity contribution is 7.22. The van der Waals surface area contributed by atoms with E-state index in [1.807, 2.05) is 32.0 Å². The molecule has 1 amide bonds. The summed E-state index contributed by atoms with van der Waals surface area (Å²) in [6.45, 7) is 9.05. The van der Waals surface area contributed by atoms with Crippen LogP contribution >= 0.6 is 11.3 Å². The molecule has 0 radical (unpaired) electrons. The first kappa shape index (κ1) is 19.3. The molecule has 0 saturated carbocycles. The fourth-order valence-electron chi connectivity index (χ4n) is 3.47. The summed E-state index contributed by atoms with van der Waals surface area (Å²) >= 11 is 1.54. The average molecular weight is 406 g/mol. The van der Waals surface area contributed by atoms with Crippen LogP contribution in [0.1, 0.15) is 39.8 Å². The van der Waals surface area contributed by atoms with Gasteiger partial charge in [-0.3, -0.25) is 19.4 Å². The Kier molecular flexibility index (Phi) is 5.15. The molecule has 1 aromatic carbocycles. The van der Waals surface area contributed by atoms with Gasteiger partial charge in [0.1, 0.15) is 5.69 Å². The number of aryl methyl sites for hydroxylation is 4. The minimum Gasteiger partial charge on any atom is -0.278 e. The van der Waals surface area contributed by atoms with E-state index in [-0.39, 0.29) is 5.91 Å². The van der Waals surface area contributed by atoms with Gasteiger partial charge in [0.2, 0.25) is 0 Å². The summed E-state index contributed by atoms with van der Waals surface area (Å²) in [6.07, 6.45) is 3.51. The molecule has 0 fully saturated rings. The largest absolute Gasteiger partial charge is 0.278 e. The minimum absolute atomic E-state index is 0.107. The van der Waals surface area contributed by atoms with Crippen LogP contribution in [0, 0.1) is 20.8 Å². The molecule has 148 valence electrons. The number of aromatic nitrogens is 4. The number of carbonyl (C=O) groups is 1. The van der Waals surface area contributed by atoms with E-state index >= 15 is 0 Å². The Bertz CT molecular complexity index is 1180. The molecule has 29 heavy (non-hydrogen) atoms. The smallest absolute Gasteiger partial charge is 0.278 e. The highest BCUT2D eigenvalue weighted by Crippen LogP contribution is 2.33.